The second kappa shape index (κ2) is 7.61. The van der Waals surface area contributed by atoms with Crippen LogP contribution in [0.15, 0.2) is 18.2 Å². The van der Waals surface area contributed by atoms with E-state index in [1.807, 2.05) is 0 Å². The molecule has 2 rings (SSSR count). The van der Waals surface area contributed by atoms with Gasteiger partial charge in [0.25, 0.3) is 0 Å². The van der Waals surface area contributed by atoms with Crippen LogP contribution in [0.1, 0.15) is 25.7 Å². The molecule has 2 unspecified atom stereocenters. The minimum absolute atomic E-state index is 0. The molecule has 2 N–H and O–H groups in total. The monoisotopic (exact) mass is 316 g/mol. The first-order chi connectivity index (χ1) is 9.52. The van der Waals surface area contributed by atoms with Crippen molar-refractivity contribution in [3.63, 3.8) is 0 Å². The molecule has 1 aliphatic rings. The van der Waals surface area contributed by atoms with Gasteiger partial charge in [-0.2, -0.15) is 0 Å². The first-order valence-corrected chi connectivity index (χ1v) is 6.89. The predicted octanol–water partition coefficient (Wildman–Crippen LogP) is 2.74. The maximum atomic E-state index is 13.7. The zero-order valence-corrected chi connectivity index (χ0v) is 13.2. The highest BCUT2D eigenvalue weighted by Gasteiger charge is 2.28. The van der Waals surface area contributed by atoms with Crippen LogP contribution in [-0.2, 0) is 4.79 Å². The molecule has 2 atom stereocenters. The highest BCUT2D eigenvalue weighted by atomic mass is 35.5. The SMILES string of the molecule is COc1ccc(N(C)C(=O)C2CCCC(N)C2)cc1F.Cl. The zero-order valence-electron chi connectivity index (χ0n) is 12.3. The van der Waals surface area contributed by atoms with Gasteiger partial charge in [-0.1, -0.05) is 6.42 Å². The lowest BCUT2D eigenvalue weighted by atomic mass is 9.85. The molecule has 1 amide bonds. The average molecular weight is 317 g/mol. The summed E-state index contributed by atoms with van der Waals surface area (Å²) in [5, 5.41) is 0. The largest absolute Gasteiger partial charge is 0.494 e. The van der Waals surface area contributed by atoms with Gasteiger partial charge in [0.15, 0.2) is 11.6 Å². The molecule has 0 radical (unpaired) electrons. The summed E-state index contributed by atoms with van der Waals surface area (Å²) < 4.78 is 18.6. The van der Waals surface area contributed by atoms with Crippen molar-refractivity contribution in [3.05, 3.63) is 24.0 Å². The zero-order chi connectivity index (χ0) is 14.7. The molecule has 0 aliphatic heterocycles. The summed E-state index contributed by atoms with van der Waals surface area (Å²) in [6.07, 6.45) is 3.52. The fourth-order valence-electron chi connectivity index (χ4n) is 2.72. The third-order valence-corrected chi connectivity index (χ3v) is 3.92. The number of nitrogens with two attached hydrogens (primary N) is 1. The van der Waals surface area contributed by atoms with E-state index in [9.17, 15) is 9.18 Å². The Hall–Kier alpha value is -1.33. The molecule has 4 nitrogen and oxygen atoms in total. The molecule has 0 spiro atoms. The highest BCUT2D eigenvalue weighted by molar-refractivity contribution is 5.94. The molecule has 1 fully saturated rings. The first-order valence-electron chi connectivity index (χ1n) is 6.89. The van der Waals surface area contributed by atoms with Crippen molar-refractivity contribution >= 4 is 24.0 Å². The predicted molar refractivity (Wildman–Crippen MR) is 83.5 cm³/mol. The molecule has 0 aromatic heterocycles. The topological polar surface area (TPSA) is 55.6 Å². The lowest BCUT2D eigenvalue weighted by molar-refractivity contribution is -0.123. The highest BCUT2D eigenvalue weighted by Crippen LogP contribution is 2.28. The van der Waals surface area contributed by atoms with Crippen LogP contribution < -0.4 is 15.4 Å². The second-order valence-corrected chi connectivity index (χ2v) is 5.34. The van der Waals surface area contributed by atoms with E-state index in [1.165, 1.54) is 24.1 Å². The Bertz CT molecular complexity index is 499. The van der Waals surface area contributed by atoms with E-state index < -0.39 is 5.82 Å². The Morgan fingerprint density at radius 3 is 2.71 bits per heavy atom. The Balaban J connectivity index is 0.00000220. The lowest BCUT2D eigenvalue weighted by Gasteiger charge is -2.29. The van der Waals surface area contributed by atoms with Crippen molar-refractivity contribution in [1.82, 2.24) is 0 Å². The molecule has 1 aromatic carbocycles. The Morgan fingerprint density at radius 2 is 2.14 bits per heavy atom. The summed E-state index contributed by atoms with van der Waals surface area (Å²) in [4.78, 5) is 13.9. The quantitative estimate of drug-likeness (QED) is 0.933. The summed E-state index contributed by atoms with van der Waals surface area (Å²) in [6, 6.07) is 4.63. The molecule has 1 aromatic rings. The first kappa shape index (κ1) is 17.7. The van der Waals surface area contributed by atoms with E-state index in [1.54, 1.807) is 13.1 Å². The van der Waals surface area contributed by atoms with Gasteiger partial charge in [-0.3, -0.25) is 4.79 Å². The maximum Gasteiger partial charge on any atom is 0.229 e. The van der Waals surface area contributed by atoms with Crippen LogP contribution in [0, 0.1) is 11.7 Å². The number of anilines is 1. The maximum absolute atomic E-state index is 13.7. The second-order valence-electron chi connectivity index (χ2n) is 5.34. The molecule has 21 heavy (non-hydrogen) atoms. The van der Waals surface area contributed by atoms with E-state index in [0.29, 0.717) is 12.1 Å². The smallest absolute Gasteiger partial charge is 0.229 e. The van der Waals surface area contributed by atoms with Crippen LogP contribution in [-0.4, -0.2) is 26.1 Å². The number of carbonyl (C=O) groups is 1. The molecule has 0 heterocycles. The van der Waals surface area contributed by atoms with Crippen molar-refractivity contribution in [2.75, 3.05) is 19.1 Å². The number of hydrogen-bond donors (Lipinski definition) is 1. The van der Waals surface area contributed by atoms with E-state index in [2.05, 4.69) is 0 Å². The van der Waals surface area contributed by atoms with Gasteiger partial charge in [0.05, 0.1) is 7.11 Å². The standard InChI is InChI=1S/C15H21FN2O2.ClH/c1-18(12-6-7-14(20-2)13(16)9-12)15(19)10-4-3-5-11(17)8-10;/h6-7,9-11H,3-5,8,17H2,1-2H3;1H. The van der Waals surface area contributed by atoms with Crippen LogP contribution in [0.25, 0.3) is 0 Å². The van der Waals surface area contributed by atoms with E-state index >= 15 is 0 Å². The van der Waals surface area contributed by atoms with Crippen molar-refractivity contribution in [2.24, 2.45) is 11.7 Å². The Morgan fingerprint density at radius 1 is 1.43 bits per heavy atom. The summed E-state index contributed by atoms with van der Waals surface area (Å²) in [6.45, 7) is 0. The molecule has 0 bridgehead atoms. The number of rotatable bonds is 3. The molecular formula is C15H22ClFN2O2. The van der Waals surface area contributed by atoms with Gasteiger partial charge in [-0.15, -0.1) is 12.4 Å². The number of nitrogens with zero attached hydrogens (tertiary/aromatic N) is 1. The Kier molecular flexibility index (Phi) is 6.42. The summed E-state index contributed by atoms with van der Waals surface area (Å²) in [5.41, 5.74) is 6.45. The lowest BCUT2D eigenvalue weighted by Crippen LogP contribution is -2.38. The molecule has 1 saturated carbocycles. The van der Waals surface area contributed by atoms with Crippen LogP contribution in [0.5, 0.6) is 5.75 Å². The van der Waals surface area contributed by atoms with Gasteiger partial charge in [-0.05, 0) is 31.4 Å². The number of halogens is 2. The van der Waals surface area contributed by atoms with Crippen molar-refractivity contribution in [1.29, 1.82) is 0 Å². The summed E-state index contributed by atoms with van der Waals surface area (Å²) in [5.74, 6) is -0.349. The molecule has 0 saturated heterocycles. The van der Waals surface area contributed by atoms with Crippen LogP contribution in [0.3, 0.4) is 0 Å². The summed E-state index contributed by atoms with van der Waals surface area (Å²) >= 11 is 0. The van der Waals surface area contributed by atoms with E-state index in [0.717, 1.165) is 19.3 Å². The third kappa shape index (κ3) is 4.08. The fourth-order valence-corrected chi connectivity index (χ4v) is 2.72. The van der Waals surface area contributed by atoms with Gasteiger partial charge in [0.1, 0.15) is 0 Å². The van der Waals surface area contributed by atoms with Gasteiger partial charge >= 0.3 is 0 Å². The average Bonchev–Trinajstić information content (AvgIpc) is 2.45. The Labute approximate surface area is 130 Å². The van der Waals surface area contributed by atoms with Gasteiger partial charge < -0.3 is 15.4 Å². The number of carbonyl (C=O) groups excluding carboxylic acids is 1. The number of methoxy groups -OCH3 is 1. The van der Waals surface area contributed by atoms with Crippen LogP contribution >= 0.6 is 12.4 Å². The molecule has 6 heteroatoms. The van der Waals surface area contributed by atoms with Crippen molar-refractivity contribution in [3.8, 4) is 5.75 Å². The number of hydrogen-bond acceptors (Lipinski definition) is 3. The van der Waals surface area contributed by atoms with Crippen molar-refractivity contribution in [2.45, 2.75) is 31.7 Å². The number of ether oxygens (including phenoxy) is 1. The fraction of sp³-hybridized carbons (Fsp3) is 0.533. The minimum Gasteiger partial charge on any atom is -0.494 e. The van der Waals surface area contributed by atoms with Crippen LogP contribution in [0.2, 0.25) is 0 Å². The molecule has 1 aliphatic carbocycles. The van der Waals surface area contributed by atoms with Crippen LogP contribution in [0.4, 0.5) is 10.1 Å². The van der Waals surface area contributed by atoms with E-state index in [-0.39, 0.29) is 36.0 Å². The number of benzene rings is 1. The van der Waals surface area contributed by atoms with Gasteiger partial charge in [-0.25, -0.2) is 4.39 Å². The molecular weight excluding hydrogens is 295 g/mol. The minimum atomic E-state index is -0.468. The molecule has 118 valence electrons. The normalized spacial score (nSPS) is 21.3. The van der Waals surface area contributed by atoms with E-state index in [4.69, 9.17) is 10.5 Å². The third-order valence-electron chi connectivity index (χ3n) is 3.92. The summed E-state index contributed by atoms with van der Waals surface area (Å²) in [7, 11) is 3.08. The van der Waals surface area contributed by atoms with Gasteiger partial charge in [0, 0.05) is 30.8 Å². The van der Waals surface area contributed by atoms with Gasteiger partial charge in [0.2, 0.25) is 5.91 Å². The van der Waals surface area contributed by atoms with Crippen molar-refractivity contribution < 1.29 is 13.9 Å². The number of amides is 1.